The summed E-state index contributed by atoms with van der Waals surface area (Å²) in [6, 6.07) is 3.20. The van der Waals surface area contributed by atoms with E-state index in [1.165, 1.54) is 0 Å². The van der Waals surface area contributed by atoms with Crippen molar-refractivity contribution < 1.29 is 18.7 Å². The van der Waals surface area contributed by atoms with E-state index in [2.05, 4.69) is 0 Å². The number of hydrogen-bond acceptors (Lipinski definition) is 1. The molecule has 0 amide bonds. The number of halogens is 2. The van der Waals surface area contributed by atoms with E-state index in [1.807, 2.05) is 0 Å². The van der Waals surface area contributed by atoms with Gasteiger partial charge in [0, 0.05) is 0 Å². The summed E-state index contributed by atoms with van der Waals surface area (Å²) >= 11 is 0. The maximum atomic E-state index is 13.2. The molecule has 16 heavy (non-hydrogen) atoms. The van der Waals surface area contributed by atoms with Gasteiger partial charge in [-0.1, -0.05) is 0 Å². The lowest BCUT2D eigenvalue weighted by molar-refractivity contribution is -0.147. The highest BCUT2D eigenvalue weighted by atomic mass is 19.1. The third kappa shape index (κ3) is 3.02. The van der Waals surface area contributed by atoms with Gasteiger partial charge >= 0.3 is 5.97 Å². The Kier molecular flexibility index (Phi) is 3.62. The maximum absolute atomic E-state index is 13.2. The van der Waals surface area contributed by atoms with Gasteiger partial charge in [0.25, 0.3) is 0 Å². The van der Waals surface area contributed by atoms with Gasteiger partial charge in [0.1, 0.15) is 11.6 Å². The summed E-state index contributed by atoms with van der Waals surface area (Å²) in [5, 5.41) is 8.88. The molecule has 0 unspecified atom stereocenters. The largest absolute Gasteiger partial charge is 0.481 e. The van der Waals surface area contributed by atoms with Crippen molar-refractivity contribution in [2.24, 2.45) is 5.41 Å². The molecule has 0 atom stereocenters. The second-order valence-corrected chi connectivity index (χ2v) is 4.42. The number of rotatable bonds is 4. The fraction of sp³-hybridized carbons (Fsp3) is 0.417. The van der Waals surface area contributed by atoms with Gasteiger partial charge in [-0.3, -0.25) is 4.79 Å². The van der Waals surface area contributed by atoms with Gasteiger partial charge in [-0.15, -0.1) is 0 Å². The molecule has 0 aliphatic rings. The smallest absolute Gasteiger partial charge is 0.309 e. The van der Waals surface area contributed by atoms with E-state index < -0.39 is 23.0 Å². The first kappa shape index (κ1) is 12.6. The predicted octanol–water partition coefficient (Wildman–Crippen LogP) is 3.01. The molecule has 0 heterocycles. The van der Waals surface area contributed by atoms with Crippen molar-refractivity contribution in [2.45, 2.75) is 26.7 Å². The van der Waals surface area contributed by atoms with Gasteiger partial charge in [0.2, 0.25) is 0 Å². The zero-order valence-electron chi connectivity index (χ0n) is 9.26. The molecule has 0 aliphatic heterocycles. The Morgan fingerprint density at radius 3 is 2.56 bits per heavy atom. The van der Waals surface area contributed by atoms with Gasteiger partial charge in [-0.2, -0.15) is 0 Å². The zero-order chi connectivity index (χ0) is 12.3. The molecular formula is C12H14F2O2. The Bertz CT molecular complexity index is 400. The lowest BCUT2D eigenvalue weighted by Crippen LogP contribution is -2.24. The third-order valence-corrected chi connectivity index (χ3v) is 2.61. The molecule has 2 nitrogen and oxygen atoms in total. The maximum Gasteiger partial charge on any atom is 0.309 e. The molecule has 1 aromatic carbocycles. The molecule has 0 saturated heterocycles. The minimum atomic E-state index is -0.940. The highest BCUT2D eigenvalue weighted by molar-refractivity contribution is 5.73. The van der Waals surface area contributed by atoms with Gasteiger partial charge in [0.15, 0.2) is 0 Å². The van der Waals surface area contributed by atoms with E-state index in [9.17, 15) is 13.6 Å². The number of benzene rings is 1. The van der Waals surface area contributed by atoms with Crippen LogP contribution in [0.2, 0.25) is 0 Å². The first-order chi connectivity index (χ1) is 7.33. The van der Waals surface area contributed by atoms with Crippen molar-refractivity contribution in [3.8, 4) is 0 Å². The first-order valence-electron chi connectivity index (χ1n) is 5.00. The number of hydrogen-bond donors (Lipinski definition) is 1. The van der Waals surface area contributed by atoms with Crippen LogP contribution in [0, 0.1) is 17.0 Å². The number of aliphatic carboxylic acids is 1. The third-order valence-electron chi connectivity index (χ3n) is 2.61. The first-order valence-corrected chi connectivity index (χ1v) is 5.00. The van der Waals surface area contributed by atoms with E-state index >= 15 is 0 Å². The van der Waals surface area contributed by atoms with Crippen molar-refractivity contribution in [3.63, 3.8) is 0 Å². The summed E-state index contributed by atoms with van der Waals surface area (Å²) in [4.78, 5) is 10.8. The van der Waals surface area contributed by atoms with Crippen LogP contribution in [0.5, 0.6) is 0 Å². The van der Waals surface area contributed by atoms with Crippen molar-refractivity contribution >= 4 is 5.97 Å². The molecule has 0 fully saturated rings. The van der Waals surface area contributed by atoms with Crippen LogP contribution in [0.1, 0.15) is 25.8 Å². The highest BCUT2D eigenvalue weighted by Gasteiger charge is 2.26. The fourth-order valence-electron chi connectivity index (χ4n) is 1.29. The molecular weight excluding hydrogens is 214 g/mol. The van der Waals surface area contributed by atoms with E-state index in [0.29, 0.717) is 0 Å². The number of carboxylic acids is 1. The summed E-state index contributed by atoms with van der Waals surface area (Å²) in [7, 11) is 0. The molecule has 1 N–H and O–H groups in total. The number of carboxylic acid groups (broad SMARTS) is 1. The van der Waals surface area contributed by atoms with Crippen molar-refractivity contribution in [1.82, 2.24) is 0 Å². The quantitative estimate of drug-likeness (QED) is 0.860. The van der Waals surface area contributed by atoms with Crippen LogP contribution >= 0.6 is 0 Å². The molecule has 0 aromatic heterocycles. The number of carbonyl (C=O) groups is 1. The molecule has 1 aromatic rings. The van der Waals surface area contributed by atoms with E-state index in [4.69, 9.17) is 5.11 Å². The lowest BCUT2D eigenvalue weighted by Gasteiger charge is -2.18. The molecule has 0 spiro atoms. The van der Waals surface area contributed by atoms with Crippen LogP contribution in [0.25, 0.3) is 0 Å². The van der Waals surface area contributed by atoms with Gasteiger partial charge < -0.3 is 5.11 Å². The van der Waals surface area contributed by atoms with Crippen LogP contribution in [-0.2, 0) is 11.2 Å². The zero-order valence-corrected chi connectivity index (χ0v) is 9.26. The molecule has 0 radical (unpaired) electrons. The Labute approximate surface area is 92.9 Å². The average molecular weight is 228 g/mol. The molecule has 88 valence electrons. The fourth-order valence-corrected chi connectivity index (χ4v) is 1.29. The van der Waals surface area contributed by atoms with Crippen LogP contribution < -0.4 is 0 Å². The van der Waals surface area contributed by atoms with Crippen molar-refractivity contribution in [3.05, 3.63) is 35.4 Å². The van der Waals surface area contributed by atoms with Gasteiger partial charge in [0.05, 0.1) is 5.41 Å². The van der Waals surface area contributed by atoms with Crippen LogP contribution in [0.3, 0.4) is 0 Å². The summed E-state index contributed by atoms with van der Waals surface area (Å²) in [6.07, 6.45) is 0.478. The minimum absolute atomic E-state index is 0.211. The molecule has 0 saturated carbocycles. The summed E-state index contributed by atoms with van der Waals surface area (Å²) in [5.74, 6) is -1.95. The molecule has 0 aliphatic carbocycles. The molecule has 4 heteroatoms. The Morgan fingerprint density at radius 2 is 2.00 bits per heavy atom. The monoisotopic (exact) mass is 228 g/mol. The van der Waals surface area contributed by atoms with Crippen LogP contribution in [0.4, 0.5) is 8.78 Å². The second-order valence-electron chi connectivity index (χ2n) is 4.42. The summed E-state index contributed by atoms with van der Waals surface area (Å²) < 4.78 is 26.1. The minimum Gasteiger partial charge on any atom is -0.481 e. The van der Waals surface area contributed by atoms with E-state index in [-0.39, 0.29) is 18.4 Å². The highest BCUT2D eigenvalue weighted by Crippen LogP contribution is 2.24. The predicted molar refractivity (Wildman–Crippen MR) is 56.1 cm³/mol. The van der Waals surface area contributed by atoms with Gasteiger partial charge in [-0.05, 0) is 50.5 Å². The summed E-state index contributed by atoms with van der Waals surface area (Å²) in [5.41, 5.74) is -0.715. The molecule has 1 rings (SSSR count). The normalized spacial score (nSPS) is 11.5. The van der Waals surface area contributed by atoms with E-state index in [1.54, 1.807) is 13.8 Å². The standard InChI is InChI=1S/C12H14F2O2/c1-12(2,11(15)16)6-5-8-7-9(13)3-4-10(8)14/h3-4,7H,5-6H2,1-2H3,(H,15,16). The Balaban J connectivity index is 2.75. The number of aryl methyl sites for hydroxylation is 1. The van der Waals surface area contributed by atoms with Crippen LogP contribution in [0.15, 0.2) is 18.2 Å². The Morgan fingerprint density at radius 1 is 1.38 bits per heavy atom. The summed E-state index contributed by atoms with van der Waals surface area (Å²) in [6.45, 7) is 3.12. The SMILES string of the molecule is CC(C)(CCc1cc(F)ccc1F)C(=O)O. The van der Waals surface area contributed by atoms with Crippen molar-refractivity contribution in [2.75, 3.05) is 0 Å². The lowest BCUT2D eigenvalue weighted by atomic mass is 9.86. The van der Waals surface area contributed by atoms with Crippen molar-refractivity contribution in [1.29, 1.82) is 0 Å². The topological polar surface area (TPSA) is 37.3 Å². The molecule has 0 bridgehead atoms. The van der Waals surface area contributed by atoms with E-state index in [0.717, 1.165) is 18.2 Å². The Hall–Kier alpha value is -1.45. The van der Waals surface area contributed by atoms with Gasteiger partial charge in [-0.25, -0.2) is 8.78 Å². The average Bonchev–Trinajstić information content (AvgIpc) is 2.19. The van der Waals surface area contributed by atoms with Crippen LogP contribution in [-0.4, -0.2) is 11.1 Å². The second kappa shape index (κ2) is 4.60.